The van der Waals surface area contributed by atoms with Crippen LogP contribution in [0, 0.1) is 0 Å². The molecule has 5 heteroatoms. The summed E-state index contributed by atoms with van der Waals surface area (Å²) in [6.07, 6.45) is 0. The first-order chi connectivity index (χ1) is 7.70. The van der Waals surface area contributed by atoms with Crippen molar-refractivity contribution < 1.29 is 14.2 Å². The first-order valence-corrected chi connectivity index (χ1v) is 5.43. The van der Waals surface area contributed by atoms with E-state index in [2.05, 4.69) is 5.32 Å². The second-order valence-electron chi connectivity index (χ2n) is 3.69. The Balaban J connectivity index is 2.15. The lowest BCUT2D eigenvalue weighted by Crippen LogP contribution is -2.20. The summed E-state index contributed by atoms with van der Waals surface area (Å²) in [4.78, 5) is 0. The highest BCUT2D eigenvalue weighted by molar-refractivity contribution is 6.33. The van der Waals surface area contributed by atoms with Gasteiger partial charge in [-0.2, -0.15) is 0 Å². The summed E-state index contributed by atoms with van der Waals surface area (Å²) in [6, 6.07) is 3.78. The van der Waals surface area contributed by atoms with E-state index in [1.54, 1.807) is 13.2 Å². The molecule has 1 heterocycles. The van der Waals surface area contributed by atoms with Crippen LogP contribution in [-0.2, 0) is 4.74 Å². The first-order valence-electron chi connectivity index (χ1n) is 5.05. The molecule has 16 heavy (non-hydrogen) atoms. The number of hydrogen-bond acceptors (Lipinski definition) is 4. The molecular formula is C11H14ClNO3. The highest BCUT2D eigenvalue weighted by Gasteiger charge is 2.17. The van der Waals surface area contributed by atoms with Gasteiger partial charge in [0.25, 0.3) is 0 Å². The van der Waals surface area contributed by atoms with Gasteiger partial charge in [-0.05, 0) is 6.92 Å². The van der Waals surface area contributed by atoms with E-state index in [0.29, 0.717) is 17.4 Å². The van der Waals surface area contributed by atoms with Crippen LogP contribution in [0.4, 0.5) is 5.69 Å². The predicted molar refractivity (Wildman–Crippen MR) is 62.5 cm³/mol. The molecule has 4 nitrogen and oxygen atoms in total. The van der Waals surface area contributed by atoms with E-state index in [0.717, 1.165) is 11.4 Å². The third-order valence-electron chi connectivity index (χ3n) is 2.28. The molecule has 0 aliphatic carbocycles. The monoisotopic (exact) mass is 243 g/mol. The maximum Gasteiger partial charge on any atom is 0.231 e. The average Bonchev–Trinajstić information content (AvgIpc) is 2.65. The summed E-state index contributed by atoms with van der Waals surface area (Å²) in [5, 5.41) is 3.87. The minimum atomic E-state index is 0.183. The van der Waals surface area contributed by atoms with E-state index in [-0.39, 0.29) is 12.8 Å². The highest BCUT2D eigenvalue weighted by Crippen LogP contribution is 2.39. The average molecular weight is 244 g/mol. The molecule has 0 spiro atoms. The quantitative estimate of drug-likeness (QED) is 0.882. The molecule has 1 aliphatic heterocycles. The lowest BCUT2D eigenvalue weighted by Gasteiger charge is -2.15. The number of ether oxygens (including phenoxy) is 3. The summed E-state index contributed by atoms with van der Waals surface area (Å²) in [6.45, 7) is 2.89. The number of fused-ring (bicyclic) bond motifs is 1. The van der Waals surface area contributed by atoms with Crippen LogP contribution in [0.5, 0.6) is 11.5 Å². The maximum absolute atomic E-state index is 6.11. The number of nitrogens with one attached hydrogen (secondary N) is 1. The Bertz CT molecular complexity index is 384. The van der Waals surface area contributed by atoms with E-state index in [9.17, 15) is 0 Å². The van der Waals surface area contributed by atoms with Gasteiger partial charge in [-0.1, -0.05) is 11.6 Å². The van der Waals surface area contributed by atoms with Crippen LogP contribution >= 0.6 is 11.6 Å². The molecule has 1 unspecified atom stereocenters. The van der Waals surface area contributed by atoms with Gasteiger partial charge in [0.2, 0.25) is 6.79 Å². The molecule has 0 saturated heterocycles. The first kappa shape index (κ1) is 11.4. The van der Waals surface area contributed by atoms with Gasteiger partial charge in [-0.3, -0.25) is 0 Å². The fraction of sp³-hybridized carbons (Fsp3) is 0.455. The number of hydrogen-bond donors (Lipinski definition) is 1. The van der Waals surface area contributed by atoms with Gasteiger partial charge in [0.15, 0.2) is 11.5 Å². The van der Waals surface area contributed by atoms with Gasteiger partial charge >= 0.3 is 0 Å². The van der Waals surface area contributed by atoms with Gasteiger partial charge in [0.1, 0.15) is 0 Å². The predicted octanol–water partition coefficient (Wildman–Crippen LogP) is 2.52. The number of rotatable bonds is 4. The van der Waals surface area contributed by atoms with Crippen LogP contribution in [0.1, 0.15) is 6.92 Å². The Morgan fingerprint density at radius 3 is 2.81 bits per heavy atom. The third-order valence-corrected chi connectivity index (χ3v) is 2.59. The smallest absolute Gasteiger partial charge is 0.231 e. The fourth-order valence-electron chi connectivity index (χ4n) is 1.58. The van der Waals surface area contributed by atoms with Crippen molar-refractivity contribution in [1.29, 1.82) is 0 Å². The van der Waals surface area contributed by atoms with E-state index in [1.165, 1.54) is 0 Å². The molecule has 1 aromatic carbocycles. The van der Waals surface area contributed by atoms with E-state index in [4.69, 9.17) is 25.8 Å². The van der Waals surface area contributed by atoms with Crippen molar-refractivity contribution in [1.82, 2.24) is 0 Å². The van der Waals surface area contributed by atoms with Crippen molar-refractivity contribution in [2.24, 2.45) is 0 Å². The second kappa shape index (κ2) is 4.80. The fourth-order valence-corrected chi connectivity index (χ4v) is 1.79. The van der Waals surface area contributed by atoms with E-state index < -0.39 is 0 Å². The van der Waals surface area contributed by atoms with Crippen molar-refractivity contribution in [2.75, 3.05) is 25.8 Å². The minimum absolute atomic E-state index is 0.183. The summed E-state index contributed by atoms with van der Waals surface area (Å²) in [5.41, 5.74) is 0.829. The van der Waals surface area contributed by atoms with Crippen LogP contribution in [0.15, 0.2) is 12.1 Å². The van der Waals surface area contributed by atoms with Gasteiger partial charge in [-0.25, -0.2) is 0 Å². The number of halogens is 1. The molecule has 88 valence electrons. The highest BCUT2D eigenvalue weighted by atomic mass is 35.5. The van der Waals surface area contributed by atoms with Gasteiger partial charge in [0.05, 0.1) is 17.3 Å². The zero-order valence-corrected chi connectivity index (χ0v) is 10.0. The number of methoxy groups -OCH3 is 1. The van der Waals surface area contributed by atoms with Crippen molar-refractivity contribution >= 4 is 17.3 Å². The van der Waals surface area contributed by atoms with Gasteiger partial charge in [-0.15, -0.1) is 0 Å². The van der Waals surface area contributed by atoms with Crippen LogP contribution in [-0.4, -0.2) is 26.6 Å². The summed E-state index contributed by atoms with van der Waals surface area (Å²) in [7, 11) is 1.67. The lowest BCUT2D eigenvalue weighted by molar-refractivity contribution is 0.174. The Morgan fingerprint density at radius 1 is 1.44 bits per heavy atom. The van der Waals surface area contributed by atoms with Crippen LogP contribution in [0.25, 0.3) is 0 Å². The van der Waals surface area contributed by atoms with Crippen LogP contribution in [0.2, 0.25) is 5.02 Å². The molecule has 1 aromatic rings. The zero-order chi connectivity index (χ0) is 11.5. The largest absolute Gasteiger partial charge is 0.454 e. The normalized spacial score (nSPS) is 14.9. The molecule has 0 amide bonds. The SMILES string of the molecule is COCC(C)Nc1cc2c(cc1Cl)OCO2. The summed E-state index contributed by atoms with van der Waals surface area (Å²) < 4.78 is 15.6. The van der Waals surface area contributed by atoms with Gasteiger partial charge < -0.3 is 19.5 Å². The molecule has 1 atom stereocenters. The number of benzene rings is 1. The topological polar surface area (TPSA) is 39.7 Å². The molecule has 1 aliphatic rings. The molecule has 1 N–H and O–H groups in total. The van der Waals surface area contributed by atoms with Crippen LogP contribution in [0.3, 0.4) is 0 Å². The second-order valence-corrected chi connectivity index (χ2v) is 4.09. The standard InChI is InChI=1S/C11H14ClNO3/c1-7(5-14-2)13-9-4-11-10(3-8(9)12)15-6-16-11/h3-4,7,13H,5-6H2,1-2H3. The summed E-state index contributed by atoms with van der Waals surface area (Å²) in [5.74, 6) is 1.41. The van der Waals surface area contributed by atoms with Crippen molar-refractivity contribution in [3.8, 4) is 11.5 Å². The molecular weight excluding hydrogens is 230 g/mol. The molecule has 2 rings (SSSR count). The molecule has 0 radical (unpaired) electrons. The molecule has 0 aromatic heterocycles. The van der Waals surface area contributed by atoms with Crippen molar-refractivity contribution in [3.63, 3.8) is 0 Å². The van der Waals surface area contributed by atoms with E-state index in [1.807, 2.05) is 13.0 Å². The molecule has 0 fully saturated rings. The van der Waals surface area contributed by atoms with Crippen LogP contribution < -0.4 is 14.8 Å². The Kier molecular flexibility index (Phi) is 3.41. The van der Waals surface area contributed by atoms with Gasteiger partial charge in [0, 0.05) is 25.3 Å². The van der Waals surface area contributed by atoms with Crippen molar-refractivity contribution in [3.05, 3.63) is 17.2 Å². The molecule has 0 saturated carbocycles. The maximum atomic E-state index is 6.11. The third kappa shape index (κ3) is 2.33. The Labute approximate surface area is 99.4 Å². The Hall–Kier alpha value is -1.13. The van der Waals surface area contributed by atoms with Crippen molar-refractivity contribution in [2.45, 2.75) is 13.0 Å². The molecule has 0 bridgehead atoms. The number of anilines is 1. The Morgan fingerprint density at radius 2 is 2.12 bits per heavy atom. The minimum Gasteiger partial charge on any atom is -0.454 e. The summed E-state index contributed by atoms with van der Waals surface area (Å²) >= 11 is 6.11. The lowest BCUT2D eigenvalue weighted by atomic mass is 10.2. The zero-order valence-electron chi connectivity index (χ0n) is 9.25. The van der Waals surface area contributed by atoms with E-state index >= 15 is 0 Å².